The number of benzene rings is 2. The molecule has 0 saturated carbocycles. The van der Waals surface area contributed by atoms with Crippen LogP contribution in [0.1, 0.15) is 153 Å². The minimum atomic E-state index is -4.28. The van der Waals surface area contributed by atoms with Crippen LogP contribution in [0.5, 0.6) is 0 Å². The van der Waals surface area contributed by atoms with Gasteiger partial charge in [0.2, 0.25) is 0 Å². The molecule has 4 heteroatoms. The maximum Gasteiger partial charge on any atom is 0.295 e. The van der Waals surface area contributed by atoms with Crippen LogP contribution in [0.4, 0.5) is 0 Å². The van der Waals surface area contributed by atoms with Crippen molar-refractivity contribution in [2.24, 2.45) is 0 Å². The molecular formula is C34H56O3S. The van der Waals surface area contributed by atoms with Gasteiger partial charge in [-0.2, -0.15) is 8.42 Å². The molecule has 0 bridgehead atoms. The topological polar surface area (TPSA) is 54.4 Å². The van der Waals surface area contributed by atoms with E-state index in [4.69, 9.17) is 0 Å². The van der Waals surface area contributed by atoms with Gasteiger partial charge in [-0.05, 0) is 48.3 Å². The summed E-state index contributed by atoms with van der Waals surface area (Å²) in [7, 11) is -4.28. The van der Waals surface area contributed by atoms with E-state index in [-0.39, 0.29) is 4.90 Å². The molecule has 1 N–H and O–H groups in total. The summed E-state index contributed by atoms with van der Waals surface area (Å²) in [6.45, 7) is 4.51. The first kappa shape index (κ1) is 32.8. The third kappa shape index (κ3) is 13.1. The summed E-state index contributed by atoms with van der Waals surface area (Å²) >= 11 is 0. The minimum absolute atomic E-state index is 0.0970. The second kappa shape index (κ2) is 19.6. The minimum Gasteiger partial charge on any atom is -0.282 e. The van der Waals surface area contributed by atoms with E-state index in [1.807, 2.05) is 18.2 Å². The summed E-state index contributed by atoms with van der Waals surface area (Å²) in [6.07, 6.45) is 27.4. The van der Waals surface area contributed by atoms with E-state index in [0.29, 0.717) is 0 Å². The quantitative estimate of drug-likeness (QED) is 0.112. The van der Waals surface area contributed by atoms with Gasteiger partial charge in [-0.15, -0.1) is 0 Å². The van der Waals surface area contributed by atoms with E-state index in [2.05, 4.69) is 19.9 Å². The zero-order valence-corrected chi connectivity index (χ0v) is 25.4. The van der Waals surface area contributed by atoms with Gasteiger partial charge in [-0.1, -0.05) is 154 Å². The molecule has 3 nitrogen and oxygen atoms in total. The largest absolute Gasteiger partial charge is 0.295 e. The molecule has 0 unspecified atom stereocenters. The van der Waals surface area contributed by atoms with Gasteiger partial charge in [0.1, 0.15) is 4.90 Å². The predicted octanol–water partition coefficient (Wildman–Crippen LogP) is 11.0. The summed E-state index contributed by atoms with van der Waals surface area (Å²) < 4.78 is 34.9. The number of hydrogen-bond donors (Lipinski definition) is 1. The SMILES string of the molecule is CCCCCCCCCCCCc1cc(S(=O)(=O)O)c2c(CCCCCCCCCCCC)cccc2c1. The van der Waals surface area contributed by atoms with Crippen molar-refractivity contribution in [2.75, 3.05) is 0 Å². The van der Waals surface area contributed by atoms with Gasteiger partial charge in [-0.25, -0.2) is 0 Å². The lowest BCUT2D eigenvalue weighted by Gasteiger charge is -2.13. The Balaban J connectivity index is 1.85. The van der Waals surface area contributed by atoms with Crippen LogP contribution in [0.25, 0.3) is 10.8 Å². The van der Waals surface area contributed by atoms with Crippen LogP contribution in [0.2, 0.25) is 0 Å². The number of aryl methyl sites for hydroxylation is 2. The van der Waals surface area contributed by atoms with Gasteiger partial charge in [0.25, 0.3) is 10.1 Å². The third-order valence-electron chi connectivity index (χ3n) is 7.98. The van der Waals surface area contributed by atoms with Crippen molar-refractivity contribution in [1.82, 2.24) is 0 Å². The number of unbranched alkanes of at least 4 members (excludes halogenated alkanes) is 18. The Kier molecular flexibility index (Phi) is 17.0. The van der Waals surface area contributed by atoms with Gasteiger partial charge >= 0.3 is 0 Å². The molecule has 0 aromatic heterocycles. The van der Waals surface area contributed by atoms with E-state index in [1.165, 1.54) is 116 Å². The highest BCUT2D eigenvalue weighted by Gasteiger charge is 2.18. The molecule has 2 aromatic rings. The van der Waals surface area contributed by atoms with Crippen LogP contribution in [-0.4, -0.2) is 13.0 Å². The van der Waals surface area contributed by atoms with Crippen LogP contribution in [0, 0.1) is 0 Å². The fourth-order valence-electron chi connectivity index (χ4n) is 5.70. The van der Waals surface area contributed by atoms with Crippen molar-refractivity contribution in [3.05, 3.63) is 41.5 Å². The molecule has 0 heterocycles. The van der Waals surface area contributed by atoms with E-state index < -0.39 is 10.1 Å². The highest BCUT2D eigenvalue weighted by Crippen LogP contribution is 2.30. The highest BCUT2D eigenvalue weighted by molar-refractivity contribution is 7.86. The number of rotatable bonds is 23. The van der Waals surface area contributed by atoms with Crippen LogP contribution >= 0.6 is 0 Å². The van der Waals surface area contributed by atoms with Crippen LogP contribution < -0.4 is 0 Å². The Morgan fingerprint density at radius 3 is 1.50 bits per heavy atom. The molecule has 216 valence electrons. The zero-order valence-electron chi connectivity index (χ0n) is 24.6. The standard InChI is InChI=1S/C34H56O3S/c1-3-5-7-9-11-13-15-17-19-21-24-30-28-32-27-23-26-31(34(32)33(29-30)38(35,36)37)25-22-20-18-16-14-12-10-8-6-4-2/h23,26-29H,3-22,24-25H2,1-2H3,(H,35,36,37). The summed E-state index contributed by atoms with van der Waals surface area (Å²) in [4.78, 5) is 0.0970. The lowest BCUT2D eigenvalue weighted by molar-refractivity contribution is 0.484. The maximum absolute atomic E-state index is 12.4. The van der Waals surface area contributed by atoms with E-state index in [9.17, 15) is 13.0 Å². The Bertz CT molecular complexity index is 996. The molecule has 0 fully saturated rings. The normalized spacial score (nSPS) is 12.0. The summed E-state index contributed by atoms with van der Waals surface area (Å²) in [5.74, 6) is 0. The first-order chi connectivity index (χ1) is 18.5. The molecule has 0 aliphatic rings. The average Bonchev–Trinajstić information content (AvgIpc) is 2.89. The molecule has 0 aliphatic carbocycles. The van der Waals surface area contributed by atoms with Gasteiger partial charge in [-0.3, -0.25) is 4.55 Å². The van der Waals surface area contributed by atoms with Gasteiger partial charge in [0, 0.05) is 5.39 Å². The molecule has 0 radical (unpaired) electrons. The molecule has 2 rings (SSSR count). The number of fused-ring (bicyclic) bond motifs is 1. The van der Waals surface area contributed by atoms with Crippen molar-refractivity contribution < 1.29 is 13.0 Å². The molecular weight excluding hydrogens is 488 g/mol. The molecule has 0 spiro atoms. The summed E-state index contributed by atoms with van der Waals surface area (Å²) in [5.41, 5.74) is 2.06. The molecule has 0 amide bonds. The Labute approximate surface area is 235 Å². The Hall–Kier alpha value is -1.39. The summed E-state index contributed by atoms with van der Waals surface area (Å²) in [6, 6.07) is 9.93. The highest BCUT2D eigenvalue weighted by atomic mass is 32.2. The van der Waals surface area contributed by atoms with Gasteiger partial charge in [0.05, 0.1) is 0 Å². The Morgan fingerprint density at radius 1 is 0.579 bits per heavy atom. The lowest BCUT2D eigenvalue weighted by Crippen LogP contribution is -2.03. The monoisotopic (exact) mass is 544 g/mol. The fraction of sp³-hybridized carbons (Fsp3) is 0.706. The molecule has 0 aliphatic heterocycles. The predicted molar refractivity (Wildman–Crippen MR) is 165 cm³/mol. The molecule has 38 heavy (non-hydrogen) atoms. The van der Waals surface area contributed by atoms with Crippen LogP contribution in [0.3, 0.4) is 0 Å². The average molecular weight is 545 g/mol. The summed E-state index contributed by atoms with van der Waals surface area (Å²) in [5, 5.41) is 1.66. The van der Waals surface area contributed by atoms with Crippen molar-refractivity contribution in [3.8, 4) is 0 Å². The van der Waals surface area contributed by atoms with E-state index in [0.717, 1.165) is 47.6 Å². The van der Waals surface area contributed by atoms with Crippen molar-refractivity contribution in [1.29, 1.82) is 0 Å². The first-order valence-electron chi connectivity index (χ1n) is 16.0. The zero-order chi connectivity index (χ0) is 27.5. The van der Waals surface area contributed by atoms with Crippen molar-refractivity contribution >= 4 is 20.9 Å². The smallest absolute Gasteiger partial charge is 0.282 e. The first-order valence-corrected chi connectivity index (χ1v) is 17.4. The van der Waals surface area contributed by atoms with Crippen LogP contribution in [0.15, 0.2) is 35.2 Å². The van der Waals surface area contributed by atoms with E-state index in [1.54, 1.807) is 6.07 Å². The fourth-order valence-corrected chi connectivity index (χ4v) is 6.51. The molecule has 0 atom stereocenters. The third-order valence-corrected chi connectivity index (χ3v) is 8.86. The second-order valence-corrected chi connectivity index (χ2v) is 12.8. The van der Waals surface area contributed by atoms with Gasteiger partial charge in [0.15, 0.2) is 0 Å². The lowest BCUT2D eigenvalue weighted by atomic mass is 9.96. The molecule has 2 aromatic carbocycles. The van der Waals surface area contributed by atoms with Crippen molar-refractivity contribution in [2.45, 2.75) is 160 Å². The van der Waals surface area contributed by atoms with Crippen molar-refractivity contribution in [3.63, 3.8) is 0 Å². The second-order valence-electron chi connectivity index (χ2n) is 11.4. The van der Waals surface area contributed by atoms with Crippen LogP contribution in [-0.2, 0) is 23.0 Å². The van der Waals surface area contributed by atoms with E-state index >= 15 is 0 Å². The Morgan fingerprint density at radius 2 is 1.03 bits per heavy atom. The number of hydrogen-bond acceptors (Lipinski definition) is 2. The maximum atomic E-state index is 12.4. The van der Waals surface area contributed by atoms with Gasteiger partial charge < -0.3 is 0 Å². The molecule has 0 saturated heterocycles.